The fourth-order valence-corrected chi connectivity index (χ4v) is 1.44. The molecule has 0 fully saturated rings. The molecule has 0 aromatic heterocycles. The maximum atomic E-state index is 10.9. The Kier molecular flexibility index (Phi) is 2.69. The molecule has 0 amide bonds. The summed E-state index contributed by atoms with van der Waals surface area (Å²) in [7, 11) is 0. The molecule has 0 saturated carbocycles. The van der Waals surface area contributed by atoms with E-state index in [1.807, 2.05) is 6.07 Å². The average molecular weight is 240 g/mol. The van der Waals surface area contributed by atoms with E-state index in [1.54, 1.807) is 0 Å². The number of phenolic OH excluding ortho intramolecular Hbond substituents is 1. The number of aromatic hydroxyl groups is 1. The largest absolute Gasteiger partial charge is 0.507 e. The van der Waals surface area contributed by atoms with Crippen LogP contribution in [-0.2, 0) is 0 Å². The van der Waals surface area contributed by atoms with Gasteiger partial charge in [-0.3, -0.25) is 4.79 Å². The van der Waals surface area contributed by atoms with Crippen molar-refractivity contribution in [2.24, 2.45) is 0 Å². The van der Waals surface area contributed by atoms with Crippen LogP contribution >= 0.6 is 15.9 Å². The topological polar surface area (TPSA) is 61.1 Å². The van der Waals surface area contributed by atoms with Crippen molar-refractivity contribution in [1.82, 2.24) is 0 Å². The molecule has 0 bridgehead atoms. The first-order valence-corrected chi connectivity index (χ1v) is 4.29. The van der Waals surface area contributed by atoms with E-state index in [-0.39, 0.29) is 17.1 Å². The minimum absolute atomic E-state index is 0.144. The summed E-state index contributed by atoms with van der Waals surface area (Å²) in [5.74, 6) is -0.331. The van der Waals surface area contributed by atoms with Crippen LogP contribution in [-0.4, -0.2) is 10.9 Å². The van der Waals surface area contributed by atoms with Crippen LogP contribution in [0.5, 0.6) is 5.75 Å². The molecule has 1 aromatic carbocycles. The third kappa shape index (κ3) is 1.87. The van der Waals surface area contributed by atoms with Crippen LogP contribution in [0.25, 0.3) is 0 Å². The third-order valence-electron chi connectivity index (χ3n) is 1.59. The summed E-state index contributed by atoms with van der Waals surface area (Å²) in [5.41, 5.74) is 0.522. The number of benzene rings is 1. The van der Waals surface area contributed by atoms with Gasteiger partial charge in [0.15, 0.2) is 5.78 Å². The van der Waals surface area contributed by atoms with Gasteiger partial charge in [-0.1, -0.05) is 0 Å². The van der Waals surface area contributed by atoms with Gasteiger partial charge < -0.3 is 5.11 Å². The molecule has 1 aromatic rings. The third-order valence-corrected chi connectivity index (χ3v) is 2.21. The highest BCUT2D eigenvalue weighted by Crippen LogP contribution is 2.27. The van der Waals surface area contributed by atoms with Crippen LogP contribution < -0.4 is 0 Å². The highest BCUT2D eigenvalue weighted by molar-refractivity contribution is 9.10. The van der Waals surface area contributed by atoms with E-state index in [1.165, 1.54) is 19.1 Å². The standard InChI is InChI=1S/C9H6BrNO2/c1-5(12)6-2-8(10)7(4-11)9(13)3-6/h2-3,13H,1H3. The Hall–Kier alpha value is -1.34. The summed E-state index contributed by atoms with van der Waals surface area (Å²) in [6.07, 6.45) is 0. The monoisotopic (exact) mass is 239 g/mol. The van der Waals surface area contributed by atoms with Crippen LogP contribution in [0, 0.1) is 11.3 Å². The highest BCUT2D eigenvalue weighted by Gasteiger charge is 2.09. The minimum atomic E-state index is -0.179. The van der Waals surface area contributed by atoms with Crippen LogP contribution in [0.4, 0.5) is 0 Å². The fraction of sp³-hybridized carbons (Fsp3) is 0.111. The van der Waals surface area contributed by atoms with Crippen LogP contribution in [0.3, 0.4) is 0 Å². The van der Waals surface area contributed by atoms with Gasteiger partial charge in [-0.25, -0.2) is 0 Å². The summed E-state index contributed by atoms with van der Waals surface area (Å²) in [5, 5.41) is 17.9. The molecule has 3 nitrogen and oxygen atoms in total. The van der Waals surface area contributed by atoms with Crippen LogP contribution in [0.1, 0.15) is 22.8 Å². The maximum absolute atomic E-state index is 10.9. The lowest BCUT2D eigenvalue weighted by Crippen LogP contribution is -1.93. The molecule has 0 saturated heterocycles. The summed E-state index contributed by atoms with van der Waals surface area (Å²) < 4.78 is 0.431. The minimum Gasteiger partial charge on any atom is -0.507 e. The first-order chi connectivity index (χ1) is 6.06. The van der Waals surface area contributed by atoms with Crippen molar-refractivity contribution in [3.8, 4) is 11.8 Å². The molecule has 0 spiro atoms. The Bertz CT molecular complexity index is 384. The molecular formula is C9H6BrNO2. The van der Waals surface area contributed by atoms with E-state index in [0.29, 0.717) is 10.0 Å². The predicted octanol–water partition coefficient (Wildman–Crippen LogP) is 2.23. The zero-order valence-corrected chi connectivity index (χ0v) is 8.42. The first kappa shape index (κ1) is 9.75. The van der Waals surface area contributed by atoms with Crippen molar-refractivity contribution in [2.75, 3.05) is 0 Å². The lowest BCUT2D eigenvalue weighted by Gasteiger charge is -2.01. The summed E-state index contributed by atoms with van der Waals surface area (Å²) in [4.78, 5) is 10.9. The second-order valence-electron chi connectivity index (χ2n) is 2.52. The van der Waals surface area contributed by atoms with E-state index >= 15 is 0 Å². The number of rotatable bonds is 1. The number of nitriles is 1. The quantitative estimate of drug-likeness (QED) is 0.765. The summed E-state index contributed by atoms with van der Waals surface area (Å²) in [6, 6.07) is 4.62. The molecule has 4 heteroatoms. The molecule has 0 unspecified atom stereocenters. The molecule has 13 heavy (non-hydrogen) atoms. The van der Waals surface area contributed by atoms with Gasteiger partial charge in [0, 0.05) is 10.0 Å². The molecule has 0 aliphatic carbocycles. The first-order valence-electron chi connectivity index (χ1n) is 3.50. The second kappa shape index (κ2) is 3.58. The Morgan fingerprint density at radius 2 is 2.23 bits per heavy atom. The molecular weight excluding hydrogens is 234 g/mol. The number of phenols is 1. The normalized spacial score (nSPS) is 9.31. The number of carbonyl (C=O) groups is 1. The SMILES string of the molecule is CC(=O)c1cc(O)c(C#N)c(Br)c1. The molecule has 1 N–H and O–H groups in total. The zero-order chi connectivity index (χ0) is 10.0. The summed E-state index contributed by atoms with van der Waals surface area (Å²) in [6.45, 7) is 1.40. The van der Waals surface area contributed by atoms with Gasteiger partial charge in [-0.15, -0.1) is 0 Å². The Labute approximate surface area is 83.7 Å². The van der Waals surface area contributed by atoms with E-state index < -0.39 is 0 Å². The van der Waals surface area contributed by atoms with Gasteiger partial charge in [0.25, 0.3) is 0 Å². The highest BCUT2D eigenvalue weighted by atomic mass is 79.9. The fourth-order valence-electron chi connectivity index (χ4n) is 0.906. The number of carbonyl (C=O) groups excluding carboxylic acids is 1. The number of hydrogen-bond donors (Lipinski definition) is 1. The van der Waals surface area contributed by atoms with E-state index in [0.717, 1.165) is 0 Å². The van der Waals surface area contributed by atoms with Crippen LogP contribution in [0.2, 0.25) is 0 Å². The van der Waals surface area contributed by atoms with Crippen LogP contribution in [0.15, 0.2) is 16.6 Å². The molecule has 0 aliphatic heterocycles. The second-order valence-corrected chi connectivity index (χ2v) is 3.37. The molecule has 0 atom stereocenters. The van der Waals surface area contributed by atoms with Crippen molar-refractivity contribution in [3.63, 3.8) is 0 Å². The maximum Gasteiger partial charge on any atom is 0.159 e. The van der Waals surface area contributed by atoms with Crippen molar-refractivity contribution in [1.29, 1.82) is 5.26 Å². The predicted molar refractivity (Wildman–Crippen MR) is 50.5 cm³/mol. The van der Waals surface area contributed by atoms with E-state index in [2.05, 4.69) is 15.9 Å². The Morgan fingerprint density at radius 1 is 1.62 bits per heavy atom. The van der Waals surface area contributed by atoms with Gasteiger partial charge in [0.1, 0.15) is 17.4 Å². The smallest absolute Gasteiger partial charge is 0.159 e. The molecule has 0 heterocycles. The molecule has 66 valence electrons. The van der Waals surface area contributed by atoms with Gasteiger partial charge >= 0.3 is 0 Å². The average Bonchev–Trinajstić information content (AvgIpc) is 2.03. The number of Topliss-reactive ketones (excluding diaryl/α,β-unsaturated/α-hetero) is 1. The lowest BCUT2D eigenvalue weighted by molar-refractivity contribution is 0.101. The van der Waals surface area contributed by atoms with Crippen molar-refractivity contribution in [3.05, 3.63) is 27.7 Å². The van der Waals surface area contributed by atoms with E-state index in [4.69, 9.17) is 5.26 Å². The Morgan fingerprint density at radius 3 is 2.62 bits per heavy atom. The van der Waals surface area contributed by atoms with Crippen molar-refractivity contribution in [2.45, 2.75) is 6.92 Å². The summed E-state index contributed by atoms with van der Waals surface area (Å²) >= 11 is 3.09. The molecule has 0 aliphatic rings. The van der Waals surface area contributed by atoms with Gasteiger partial charge in [0.2, 0.25) is 0 Å². The molecule has 0 radical (unpaired) electrons. The van der Waals surface area contributed by atoms with Crippen molar-refractivity contribution >= 4 is 21.7 Å². The Balaban J connectivity index is 3.39. The lowest BCUT2D eigenvalue weighted by atomic mass is 10.1. The number of hydrogen-bond acceptors (Lipinski definition) is 3. The number of halogens is 1. The van der Waals surface area contributed by atoms with Gasteiger partial charge in [-0.2, -0.15) is 5.26 Å². The molecule has 1 rings (SSSR count). The van der Waals surface area contributed by atoms with Gasteiger partial charge in [-0.05, 0) is 35.0 Å². The zero-order valence-electron chi connectivity index (χ0n) is 6.84. The van der Waals surface area contributed by atoms with Gasteiger partial charge in [0.05, 0.1) is 0 Å². The number of ketones is 1. The van der Waals surface area contributed by atoms with E-state index in [9.17, 15) is 9.90 Å². The van der Waals surface area contributed by atoms with Crippen molar-refractivity contribution < 1.29 is 9.90 Å². The number of nitrogens with zero attached hydrogens (tertiary/aromatic N) is 1.